The maximum absolute atomic E-state index is 13.0. The highest BCUT2D eigenvalue weighted by atomic mass is 19.4. The van der Waals surface area contributed by atoms with E-state index in [0.29, 0.717) is 5.69 Å². The van der Waals surface area contributed by atoms with Crippen molar-refractivity contribution in [1.82, 2.24) is 15.0 Å². The Hall–Kier alpha value is -3.36. The largest absolute Gasteiger partial charge is 0.418 e. The summed E-state index contributed by atoms with van der Waals surface area (Å²) in [5.41, 5.74) is 0.425. The van der Waals surface area contributed by atoms with E-state index in [1.165, 1.54) is 12.3 Å². The fourth-order valence-electron chi connectivity index (χ4n) is 2.48. The molecule has 134 valence electrons. The first-order valence-corrected chi connectivity index (χ1v) is 7.45. The van der Waals surface area contributed by atoms with Crippen molar-refractivity contribution in [2.75, 3.05) is 0 Å². The lowest BCUT2D eigenvalue weighted by molar-refractivity contribution is -0.136. The Morgan fingerprint density at radius 1 is 1.27 bits per heavy atom. The van der Waals surface area contributed by atoms with Crippen LogP contribution in [0.1, 0.15) is 21.6 Å². The molecule has 26 heavy (non-hydrogen) atoms. The number of fused-ring (bicyclic) bond motifs is 1. The van der Waals surface area contributed by atoms with Gasteiger partial charge in [0.2, 0.25) is 5.43 Å². The van der Waals surface area contributed by atoms with Crippen molar-refractivity contribution in [1.29, 1.82) is 0 Å². The minimum atomic E-state index is -4.62. The van der Waals surface area contributed by atoms with Crippen molar-refractivity contribution in [2.45, 2.75) is 6.18 Å². The molecule has 0 unspecified atom stereocenters. The van der Waals surface area contributed by atoms with Gasteiger partial charge in [0.05, 0.1) is 23.0 Å². The van der Waals surface area contributed by atoms with Gasteiger partial charge in [-0.05, 0) is 24.3 Å². The van der Waals surface area contributed by atoms with Crippen LogP contribution in [0.4, 0.5) is 13.2 Å². The number of aryl methyl sites for hydroxylation is 1. The van der Waals surface area contributed by atoms with E-state index in [0.717, 1.165) is 18.3 Å². The lowest BCUT2D eigenvalue weighted by atomic mass is 10.1. The molecule has 0 aliphatic rings. The Labute approximate surface area is 145 Å². The van der Waals surface area contributed by atoms with Crippen LogP contribution < -0.4 is 10.9 Å². The van der Waals surface area contributed by atoms with E-state index in [-0.39, 0.29) is 16.5 Å². The van der Waals surface area contributed by atoms with Gasteiger partial charge in [-0.2, -0.15) is 18.3 Å². The van der Waals surface area contributed by atoms with Gasteiger partial charge in [0.15, 0.2) is 0 Å². The summed E-state index contributed by atoms with van der Waals surface area (Å²) in [4.78, 5) is 26.9. The molecule has 0 aliphatic heterocycles. The van der Waals surface area contributed by atoms with E-state index in [2.05, 4.69) is 15.5 Å². The van der Waals surface area contributed by atoms with Crippen molar-refractivity contribution < 1.29 is 18.0 Å². The van der Waals surface area contributed by atoms with Crippen molar-refractivity contribution >= 4 is 23.0 Å². The van der Waals surface area contributed by atoms with Gasteiger partial charge in [-0.1, -0.05) is 6.07 Å². The normalized spacial score (nSPS) is 12.0. The summed E-state index contributed by atoms with van der Waals surface area (Å²) in [5.74, 6) is -0.823. The molecule has 1 aromatic carbocycles. The summed E-state index contributed by atoms with van der Waals surface area (Å²) in [6.45, 7) is 0. The predicted molar refractivity (Wildman–Crippen MR) is 90.0 cm³/mol. The Balaban J connectivity index is 1.92. The quantitative estimate of drug-likeness (QED) is 0.555. The van der Waals surface area contributed by atoms with Crippen LogP contribution in [0.3, 0.4) is 0 Å². The van der Waals surface area contributed by atoms with Gasteiger partial charge in [0, 0.05) is 24.8 Å². The van der Waals surface area contributed by atoms with Crippen LogP contribution in [-0.2, 0) is 13.2 Å². The Bertz CT molecular complexity index is 1060. The maximum Gasteiger partial charge on any atom is 0.418 e. The topological polar surface area (TPSA) is 79.2 Å². The summed E-state index contributed by atoms with van der Waals surface area (Å²) in [5, 5.41) is 3.53. The number of H-pyrrole nitrogens is 1. The third kappa shape index (κ3) is 3.23. The van der Waals surface area contributed by atoms with E-state index in [1.807, 2.05) is 0 Å². The van der Waals surface area contributed by atoms with Gasteiger partial charge in [0.25, 0.3) is 5.91 Å². The van der Waals surface area contributed by atoms with Crippen LogP contribution in [-0.4, -0.2) is 21.7 Å². The molecule has 2 N–H and O–H groups in total. The molecule has 2 aromatic heterocycles. The van der Waals surface area contributed by atoms with Crippen molar-refractivity contribution in [3.8, 4) is 0 Å². The standard InChI is InChI=1S/C17H13F3N4O2/c1-24-7-3-4-10(24)8-22-23-16(26)12-9-21-14-11(15(12)25)5-2-6-13(14)17(18,19)20/h2-9H,1H3,(H,21,25)(H,23,26)/b22-8-. The zero-order chi connectivity index (χ0) is 18.9. The molecule has 0 saturated carbocycles. The first-order valence-electron chi connectivity index (χ1n) is 7.45. The lowest BCUT2D eigenvalue weighted by Gasteiger charge is -2.10. The zero-order valence-corrected chi connectivity index (χ0v) is 13.5. The Kier molecular flexibility index (Phi) is 4.37. The minimum absolute atomic E-state index is 0.223. The molecule has 0 bridgehead atoms. The number of para-hydroxylation sites is 1. The number of hydrazone groups is 1. The molecule has 6 nitrogen and oxygen atoms in total. The first-order chi connectivity index (χ1) is 12.3. The average Bonchev–Trinajstić information content (AvgIpc) is 2.99. The average molecular weight is 362 g/mol. The molecule has 0 fully saturated rings. The van der Waals surface area contributed by atoms with Gasteiger partial charge in [-0.3, -0.25) is 9.59 Å². The van der Waals surface area contributed by atoms with Crippen LogP contribution in [0.15, 0.2) is 52.6 Å². The number of nitrogens with zero attached hydrogens (tertiary/aromatic N) is 2. The second-order valence-corrected chi connectivity index (χ2v) is 5.50. The van der Waals surface area contributed by atoms with Gasteiger partial charge < -0.3 is 9.55 Å². The summed E-state index contributed by atoms with van der Waals surface area (Å²) in [6.07, 6.45) is -0.497. The highest BCUT2D eigenvalue weighted by Gasteiger charge is 2.33. The molecular formula is C17H13F3N4O2. The van der Waals surface area contributed by atoms with Crippen LogP contribution >= 0.6 is 0 Å². The number of carbonyl (C=O) groups is 1. The number of amides is 1. The Morgan fingerprint density at radius 2 is 2.04 bits per heavy atom. The summed E-state index contributed by atoms with van der Waals surface area (Å²) >= 11 is 0. The van der Waals surface area contributed by atoms with Crippen LogP contribution in [0.5, 0.6) is 0 Å². The van der Waals surface area contributed by atoms with Crippen LogP contribution in [0, 0.1) is 0 Å². The van der Waals surface area contributed by atoms with Crippen molar-refractivity contribution in [2.24, 2.45) is 12.1 Å². The number of nitrogens with one attached hydrogen (secondary N) is 2. The molecule has 1 amide bonds. The van der Waals surface area contributed by atoms with Crippen molar-refractivity contribution in [3.05, 3.63) is 69.8 Å². The second-order valence-electron chi connectivity index (χ2n) is 5.50. The zero-order valence-electron chi connectivity index (χ0n) is 13.5. The third-order valence-corrected chi connectivity index (χ3v) is 3.81. The van der Waals surface area contributed by atoms with E-state index >= 15 is 0 Å². The highest BCUT2D eigenvalue weighted by molar-refractivity contribution is 5.98. The van der Waals surface area contributed by atoms with E-state index in [9.17, 15) is 22.8 Å². The summed E-state index contributed by atoms with van der Waals surface area (Å²) < 4.78 is 40.8. The molecule has 0 spiro atoms. The fourth-order valence-corrected chi connectivity index (χ4v) is 2.48. The number of hydrogen-bond acceptors (Lipinski definition) is 3. The number of halogens is 3. The number of aromatic nitrogens is 2. The molecule has 9 heteroatoms. The number of rotatable bonds is 3. The monoisotopic (exact) mass is 362 g/mol. The number of hydrogen-bond donors (Lipinski definition) is 2. The first kappa shape index (κ1) is 17.5. The number of alkyl halides is 3. The molecule has 0 radical (unpaired) electrons. The number of pyridine rings is 1. The van der Waals surface area contributed by atoms with Gasteiger partial charge in [0.1, 0.15) is 5.56 Å². The summed E-state index contributed by atoms with van der Waals surface area (Å²) in [6, 6.07) is 6.76. The SMILES string of the molecule is Cn1cccc1/C=N\NC(=O)c1c[nH]c2c(C(F)(F)F)cccc2c1=O. The molecular weight excluding hydrogens is 349 g/mol. The number of benzene rings is 1. The van der Waals surface area contributed by atoms with Crippen LogP contribution in [0.25, 0.3) is 10.9 Å². The molecule has 0 saturated heterocycles. The lowest BCUT2D eigenvalue weighted by Crippen LogP contribution is -2.26. The predicted octanol–water partition coefficient (Wildman–Crippen LogP) is 2.65. The maximum atomic E-state index is 13.0. The fraction of sp³-hybridized carbons (Fsp3) is 0.118. The van der Waals surface area contributed by atoms with Gasteiger partial charge in [-0.25, -0.2) is 5.43 Å². The van der Waals surface area contributed by atoms with E-state index in [1.54, 1.807) is 29.9 Å². The van der Waals surface area contributed by atoms with E-state index in [4.69, 9.17) is 0 Å². The number of aromatic amines is 1. The summed E-state index contributed by atoms with van der Waals surface area (Å²) in [7, 11) is 1.79. The smallest absolute Gasteiger partial charge is 0.360 e. The van der Waals surface area contributed by atoms with Crippen molar-refractivity contribution in [3.63, 3.8) is 0 Å². The molecule has 0 aliphatic carbocycles. The third-order valence-electron chi connectivity index (χ3n) is 3.81. The molecule has 3 aromatic rings. The van der Waals surface area contributed by atoms with Gasteiger partial charge in [-0.15, -0.1) is 0 Å². The molecule has 2 heterocycles. The van der Waals surface area contributed by atoms with Gasteiger partial charge >= 0.3 is 6.18 Å². The second kappa shape index (κ2) is 6.51. The molecule has 3 rings (SSSR count). The minimum Gasteiger partial charge on any atom is -0.360 e. The Morgan fingerprint density at radius 3 is 2.69 bits per heavy atom. The number of carbonyl (C=O) groups excluding carboxylic acids is 1. The van der Waals surface area contributed by atoms with E-state index < -0.39 is 23.1 Å². The highest BCUT2D eigenvalue weighted by Crippen LogP contribution is 2.32. The van der Waals surface area contributed by atoms with Crippen LogP contribution in [0.2, 0.25) is 0 Å². The molecule has 0 atom stereocenters.